The van der Waals surface area contributed by atoms with Gasteiger partial charge in [0.1, 0.15) is 0 Å². The summed E-state index contributed by atoms with van der Waals surface area (Å²) in [6.45, 7) is 11.2. The van der Waals surface area contributed by atoms with Gasteiger partial charge in [-0.3, -0.25) is 34.2 Å². The Labute approximate surface area is 564 Å². The van der Waals surface area contributed by atoms with Gasteiger partial charge < -0.3 is 55.0 Å². The van der Waals surface area contributed by atoms with E-state index in [2.05, 4.69) is 94.6 Å². The third-order valence-electron chi connectivity index (χ3n) is 15.5. The summed E-state index contributed by atoms with van der Waals surface area (Å²) in [5, 5.41) is 18.4. The van der Waals surface area contributed by atoms with Crippen LogP contribution in [0.15, 0.2) is 237 Å². The van der Waals surface area contributed by atoms with Crippen molar-refractivity contribution in [1.29, 1.82) is 0 Å². The van der Waals surface area contributed by atoms with Crippen molar-refractivity contribution in [2.45, 2.75) is 27.3 Å². The maximum absolute atomic E-state index is 12.9. The number of aryl methyl sites for hydroxylation is 3. The molecule has 21 nitrogen and oxygen atoms in total. The summed E-state index contributed by atoms with van der Waals surface area (Å²) in [5.41, 5.74) is 13.9. The predicted molar refractivity (Wildman–Crippen MR) is 381 cm³/mol. The van der Waals surface area contributed by atoms with Crippen LogP contribution in [0.2, 0.25) is 0 Å². The molecule has 12 aromatic rings. The lowest BCUT2D eigenvalue weighted by Crippen LogP contribution is -2.43. The SMILES string of the molecule is Cc1ccc(NC(=O)c2ccc(CN3CCN(C)CC3)cc2)cc1Nc1ncc(-c2cccnc2)o1.Cc1ccc(NC(=O)c2cccc(Br)c2)cc1Nc1ncc(-c2cccnc2)o1.Cc1ccc(NC(=O)c2cccc(N(C)C)c2)cc1Nc1ncc(-c2cccnc2)o1. The van der Waals surface area contributed by atoms with Gasteiger partial charge in [-0.15, -0.1) is 0 Å². The van der Waals surface area contributed by atoms with Crippen LogP contribution < -0.4 is 36.8 Å². The summed E-state index contributed by atoms with van der Waals surface area (Å²) < 4.78 is 18.3. The number of hydrogen-bond donors (Lipinski definition) is 6. The number of nitrogens with zero attached hydrogens (tertiary/aromatic N) is 9. The van der Waals surface area contributed by atoms with Crippen molar-refractivity contribution in [2.24, 2.45) is 0 Å². The average molecular weight is 1350 g/mol. The van der Waals surface area contributed by atoms with Crippen LogP contribution in [-0.2, 0) is 6.54 Å². The zero-order chi connectivity index (χ0) is 66.9. The first-order chi connectivity index (χ1) is 46.6. The molecule has 1 aliphatic rings. The van der Waals surface area contributed by atoms with Gasteiger partial charge in [-0.05, 0) is 171 Å². The molecule has 3 amide bonds. The largest absolute Gasteiger partial charge is 0.423 e. The van der Waals surface area contributed by atoms with Crippen LogP contribution in [0.4, 0.5) is 57.9 Å². The van der Waals surface area contributed by atoms with Gasteiger partial charge in [0.05, 0.1) is 18.6 Å². The minimum atomic E-state index is -0.184. The monoisotopic (exact) mass is 1340 g/mol. The van der Waals surface area contributed by atoms with Gasteiger partial charge in [0.25, 0.3) is 35.8 Å². The minimum absolute atomic E-state index is 0.147. The normalized spacial score (nSPS) is 12.0. The van der Waals surface area contributed by atoms with Crippen LogP contribution >= 0.6 is 15.9 Å². The fraction of sp³-hybridized carbons (Fsp3) is 0.149. The first-order valence-corrected chi connectivity index (χ1v) is 31.6. The molecule has 1 saturated heterocycles. The van der Waals surface area contributed by atoms with Crippen LogP contribution in [0.3, 0.4) is 0 Å². The van der Waals surface area contributed by atoms with E-state index in [1.54, 1.807) is 74.0 Å². The van der Waals surface area contributed by atoms with Crippen molar-refractivity contribution in [1.82, 2.24) is 39.7 Å². The number of pyridine rings is 3. The first kappa shape index (κ1) is 65.9. The van der Waals surface area contributed by atoms with Crippen molar-refractivity contribution in [2.75, 3.05) is 84.1 Å². The van der Waals surface area contributed by atoms with Crippen molar-refractivity contribution < 1.29 is 27.6 Å². The van der Waals surface area contributed by atoms with Gasteiger partial charge in [-0.1, -0.05) is 58.4 Å². The van der Waals surface area contributed by atoms with Crippen LogP contribution in [0, 0.1) is 20.8 Å². The van der Waals surface area contributed by atoms with Crippen LogP contribution in [0.1, 0.15) is 53.3 Å². The fourth-order valence-corrected chi connectivity index (χ4v) is 10.4. The Morgan fingerprint density at radius 2 is 0.865 bits per heavy atom. The van der Waals surface area contributed by atoms with Gasteiger partial charge in [-0.2, -0.15) is 0 Å². The number of halogens is 1. The van der Waals surface area contributed by atoms with Gasteiger partial charge in [0.2, 0.25) is 0 Å². The minimum Gasteiger partial charge on any atom is -0.423 e. The highest BCUT2D eigenvalue weighted by Crippen LogP contribution is 2.32. The van der Waals surface area contributed by atoms with Gasteiger partial charge in [-0.25, -0.2) is 15.0 Å². The third kappa shape index (κ3) is 18.0. The summed E-state index contributed by atoms with van der Waals surface area (Å²) in [6.07, 6.45) is 15.2. The molecule has 6 N–H and O–H groups in total. The second-order valence-corrected chi connectivity index (χ2v) is 23.8. The van der Waals surface area contributed by atoms with E-state index in [0.29, 0.717) is 69.1 Å². The molecule has 13 rings (SSSR count). The van der Waals surface area contributed by atoms with E-state index in [1.807, 2.05) is 185 Å². The highest BCUT2D eigenvalue weighted by atomic mass is 79.9. The Morgan fingerprint density at radius 3 is 1.26 bits per heavy atom. The molecule has 7 heterocycles. The third-order valence-corrected chi connectivity index (χ3v) is 16.0. The summed E-state index contributed by atoms with van der Waals surface area (Å²) in [6, 6.07) is 51.9. The number of carbonyl (C=O) groups is 3. The van der Waals surface area contributed by atoms with Crippen molar-refractivity contribution in [3.8, 4) is 34.0 Å². The quantitative estimate of drug-likeness (QED) is 0.0467. The van der Waals surface area contributed by atoms with E-state index in [0.717, 1.165) is 93.3 Å². The summed E-state index contributed by atoms with van der Waals surface area (Å²) in [7, 11) is 6.04. The Bertz CT molecular complexity index is 4600. The fourth-order valence-electron chi connectivity index (χ4n) is 9.96. The summed E-state index contributed by atoms with van der Waals surface area (Å²) >= 11 is 3.38. The Hall–Kier alpha value is -11.6. The molecule has 0 bridgehead atoms. The van der Waals surface area contributed by atoms with Crippen molar-refractivity contribution >= 4 is 91.5 Å². The van der Waals surface area contributed by atoms with Crippen molar-refractivity contribution in [3.63, 3.8) is 0 Å². The number of benzene rings is 6. The Balaban J connectivity index is 0.000000147. The van der Waals surface area contributed by atoms with E-state index in [-0.39, 0.29) is 17.7 Å². The lowest BCUT2D eigenvalue weighted by Gasteiger charge is -2.32. The zero-order valence-corrected chi connectivity index (χ0v) is 55.3. The number of aromatic nitrogens is 6. The van der Waals surface area contributed by atoms with E-state index in [4.69, 9.17) is 13.3 Å². The highest BCUT2D eigenvalue weighted by Gasteiger charge is 2.18. The van der Waals surface area contributed by atoms with E-state index in [9.17, 15) is 14.4 Å². The molecule has 1 aliphatic heterocycles. The number of rotatable bonds is 18. The van der Waals surface area contributed by atoms with Crippen molar-refractivity contribution in [3.05, 3.63) is 263 Å². The molecule has 6 aromatic heterocycles. The van der Waals surface area contributed by atoms with E-state index in [1.165, 1.54) is 5.56 Å². The summed E-state index contributed by atoms with van der Waals surface area (Å²) in [4.78, 5) is 70.0. The molecule has 1 fully saturated rings. The van der Waals surface area contributed by atoms with Gasteiger partial charge in [0.15, 0.2) is 17.3 Å². The number of hydrogen-bond acceptors (Lipinski definition) is 18. The lowest BCUT2D eigenvalue weighted by molar-refractivity contribution is 0.101. The maximum Gasteiger partial charge on any atom is 0.299 e. The standard InChI is InChI=1S/C28H30N6O2.C24H23N5O2.C22H17BrN4O2/c1-20-5-10-24(16-25(20)32-28-30-18-26(36-28)23-4-3-11-29-17-23)31-27(35)22-8-6-21(7-9-22)19-34-14-12-33(2)13-15-34;1-16-9-10-19(27-23(30)17-6-4-8-20(12-17)29(2)3)13-21(16)28-24-26-15-22(31-24)18-7-5-11-25-14-18;1-14-7-8-18(26-21(28)15-4-2-6-17(23)10-15)11-19(14)27-22-25-13-20(29-22)16-5-3-9-24-12-16/h3-11,16-18H,12-15,19H2,1-2H3,(H,30,32)(H,31,35);4-15H,1-3H3,(H,26,28)(H,27,30);2-13H,1H3,(H,25,27)(H,26,28). The molecule has 0 radical (unpaired) electrons. The van der Waals surface area contributed by atoms with Gasteiger partial charge >= 0.3 is 0 Å². The summed E-state index contributed by atoms with van der Waals surface area (Å²) in [5.74, 6) is 1.37. The molecular formula is C74H70BrN15O6. The molecule has 0 spiro atoms. The molecule has 22 heteroatoms. The Kier molecular flexibility index (Phi) is 21.5. The number of nitrogens with one attached hydrogen (secondary N) is 6. The van der Waals surface area contributed by atoms with E-state index < -0.39 is 0 Å². The first-order valence-electron chi connectivity index (χ1n) is 30.8. The number of piperazine rings is 1. The van der Waals surface area contributed by atoms with E-state index >= 15 is 0 Å². The molecule has 0 unspecified atom stereocenters. The second kappa shape index (κ2) is 31.4. The van der Waals surface area contributed by atoms with Crippen LogP contribution in [0.25, 0.3) is 34.0 Å². The van der Waals surface area contributed by atoms with Crippen LogP contribution in [-0.4, -0.2) is 105 Å². The topological polar surface area (TPSA) is 250 Å². The molecule has 0 aliphatic carbocycles. The molecule has 96 heavy (non-hydrogen) atoms. The smallest absolute Gasteiger partial charge is 0.299 e. The van der Waals surface area contributed by atoms with Gasteiger partial charge in [0, 0.05) is 162 Å². The number of carbonyl (C=O) groups excluding carboxylic acids is 3. The predicted octanol–water partition coefficient (Wildman–Crippen LogP) is 15.7. The highest BCUT2D eigenvalue weighted by molar-refractivity contribution is 9.10. The number of anilines is 10. The maximum atomic E-state index is 12.9. The number of oxazole rings is 3. The lowest BCUT2D eigenvalue weighted by atomic mass is 10.1. The molecule has 6 aromatic carbocycles. The van der Waals surface area contributed by atoms with Crippen LogP contribution in [0.5, 0.6) is 0 Å². The number of amides is 3. The molecule has 0 atom stereocenters. The second-order valence-electron chi connectivity index (χ2n) is 22.9. The number of likely N-dealkylation sites (N-methyl/N-ethyl adjacent to an activating group) is 1. The zero-order valence-electron chi connectivity index (χ0n) is 53.7. The molecule has 0 saturated carbocycles. The molecular weight excluding hydrogens is 1270 g/mol. The average Bonchev–Trinajstić information content (AvgIpc) is 1.74. The Morgan fingerprint density at radius 1 is 0.458 bits per heavy atom. The molecule has 484 valence electrons.